The highest BCUT2D eigenvalue weighted by molar-refractivity contribution is 5.74. The van der Waals surface area contributed by atoms with E-state index < -0.39 is 0 Å². The zero-order chi connectivity index (χ0) is 12.8. The van der Waals surface area contributed by atoms with E-state index in [1.165, 1.54) is 0 Å². The fraction of sp³-hybridized carbons (Fsp3) is 0.462. The van der Waals surface area contributed by atoms with E-state index in [1.807, 2.05) is 0 Å². The lowest BCUT2D eigenvalue weighted by Gasteiger charge is -2.23. The number of aromatic hydroxyl groups is 1. The van der Waals surface area contributed by atoms with E-state index in [4.69, 9.17) is 5.11 Å². The van der Waals surface area contributed by atoms with Crippen molar-refractivity contribution in [3.8, 4) is 5.75 Å². The van der Waals surface area contributed by atoms with Crippen molar-refractivity contribution in [3.63, 3.8) is 0 Å². The molecule has 98 valence electrons. The van der Waals surface area contributed by atoms with Crippen LogP contribution < -0.4 is 16.0 Å². The van der Waals surface area contributed by atoms with Crippen LogP contribution in [-0.2, 0) is 6.54 Å². The molecule has 0 unspecified atom stereocenters. The largest absolute Gasteiger partial charge is 0.508 e. The topological polar surface area (TPSA) is 73.4 Å². The standard InChI is InChI=1S/C13H19N3O2/c17-12-3-1-10(2-4-12)9-15-13(18)16-11-5-7-14-8-6-11/h1-4,11,14,17H,5-9H2,(H2,15,16,18). The third-order valence-electron chi connectivity index (χ3n) is 3.06. The summed E-state index contributed by atoms with van der Waals surface area (Å²) in [6.45, 7) is 2.39. The molecule has 1 aliphatic heterocycles. The van der Waals surface area contributed by atoms with Gasteiger partial charge in [-0.2, -0.15) is 0 Å². The van der Waals surface area contributed by atoms with Crippen molar-refractivity contribution in [3.05, 3.63) is 29.8 Å². The molecule has 0 atom stereocenters. The molecule has 1 aromatic carbocycles. The molecule has 0 spiro atoms. The molecule has 0 saturated carbocycles. The highest BCUT2D eigenvalue weighted by Gasteiger charge is 2.14. The number of rotatable bonds is 3. The van der Waals surface area contributed by atoms with Crippen LogP contribution in [0.5, 0.6) is 5.75 Å². The van der Waals surface area contributed by atoms with Gasteiger partial charge in [0.15, 0.2) is 0 Å². The number of nitrogens with one attached hydrogen (secondary N) is 3. The van der Waals surface area contributed by atoms with E-state index in [0.29, 0.717) is 6.54 Å². The van der Waals surface area contributed by atoms with Crippen LogP contribution in [0, 0.1) is 0 Å². The van der Waals surface area contributed by atoms with Crippen LogP contribution in [0.15, 0.2) is 24.3 Å². The number of urea groups is 1. The van der Waals surface area contributed by atoms with Gasteiger partial charge in [0.25, 0.3) is 0 Å². The second-order valence-corrected chi connectivity index (χ2v) is 4.52. The van der Waals surface area contributed by atoms with Crippen molar-refractivity contribution in [2.75, 3.05) is 13.1 Å². The molecule has 18 heavy (non-hydrogen) atoms. The molecule has 0 aliphatic carbocycles. The SMILES string of the molecule is O=C(NCc1ccc(O)cc1)NC1CCNCC1. The maximum Gasteiger partial charge on any atom is 0.315 e. The summed E-state index contributed by atoms with van der Waals surface area (Å²) in [6, 6.07) is 6.95. The first-order chi connectivity index (χ1) is 8.74. The fourth-order valence-corrected chi connectivity index (χ4v) is 2.00. The summed E-state index contributed by atoms with van der Waals surface area (Å²) in [4.78, 5) is 11.7. The molecule has 1 fully saturated rings. The summed E-state index contributed by atoms with van der Waals surface area (Å²) in [7, 11) is 0. The number of phenols is 1. The normalized spacial score (nSPS) is 16.2. The first kappa shape index (κ1) is 12.7. The van der Waals surface area contributed by atoms with E-state index in [0.717, 1.165) is 31.5 Å². The zero-order valence-electron chi connectivity index (χ0n) is 10.3. The predicted octanol–water partition coefficient (Wildman–Crippen LogP) is 0.943. The van der Waals surface area contributed by atoms with Crippen LogP contribution in [0.1, 0.15) is 18.4 Å². The van der Waals surface area contributed by atoms with Crippen molar-refractivity contribution in [2.45, 2.75) is 25.4 Å². The van der Waals surface area contributed by atoms with Gasteiger partial charge in [0, 0.05) is 12.6 Å². The van der Waals surface area contributed by atoms with Crippen molar-refractivity contribution in [1.29, 1.82) is 0 Å². The van der Waals surface area contributed by atoms with Crippen LogP contribution in [0.3, 0.4) is 0 Å². The minimum atomic E-state index is -0.130. The first-order valence-electron chi connectivity index (χ1n) is 6.27. The molecular formula is C13H19N3O2. The second-order valence-electron chi connectivity index (χ2n) is 4.52. The van der Waals surface area contributed by atoms with Crippen molar-refractivity contribution in [2.24, 2.45) is 0 Å². The van der Waals surface area contributed by atoms with Crippen LogP contribution in [0.25, 0.3) is 0 Å². The van der Waals surface area contributed by atoms with Gasteiger partial charge in [-0.15, -0.1) is 0 Å². The highest BCUT2D eigenvalue weighted by atomic mass is 16.3. The summed E-state index contributed by atoms with van der Waals surface area (Å²) in [5.41, 5.74) is 0.966. The van der Waals surface area contributed by atoms with Gasteiger partial charge >= 0.3 is 6.03 Å². The summed E-state index contributed by atoms with van der Waals surface area (Å²) in [5.74, 6) is 0.234. The van der Waals surface area contributed by atoms with E-state index in [1.54, 1.807) is 24.3 Å². The number of hydrogen-bond donors (Lipinski definition) is 4. The molecule has 0 radical (unpaired) electrons. The van der Waals surface area contributed by atoms with Gasteiger partial charge in [-0.3, -0.25) is 0 Å². The van der Waals surface area contributed by atoms with Gasteiger partial charge in [0.1, 0.15) is 5.75 Å². The Morgan fingerprint density at radius 2 is 1.94 bits per heavy atom. The molecule has 2 rings (SSSR count). The molecule has 0 bridgehead atoms. The van der Waals surface area contributed by atoms with Gasteiger partial charge in [-0.25, -0.2) is 4.79 Å². The van der Waals surface area contributed by atoms with Gasteiger partial charge in [0.05, 0.1) is 0 Å². The lowest BCUT2D eigenvalue weighted by molar-refractivity contribution is 0.233. The number of piperidine rings is 1. The Balaban J connectivity index is 1.72. The molecule has 1 saturated heterocycles. The molecule has 1 heterocycles. The van der Waals surface area contributed by atoms with E-state index in [9.17, 15) is 4.79 Å². The van der Waals surface area contributed by atoms with Crippen LogP contribution in [-0.4, -0.2) is 30.3 Å². The number of benzene rings is 1. The third kappa shape index (κ3) is 3.92. The average Bonchev–Trinajstić information content (AvgIpc) is 2.39. The molecule has 1 aliphatic rings. The molecule has 4 N–H and O–H groups in total. The first-order valence-corrected chi connectivity index (χ1v) is 6.27. The Labute approximate surface area is 107 Å². The van der Waals surface area contributed by atoms with Crippen molar-refractivity contribution in [1.82, 2.24) is 16.0 Å². The molecule has 5 heteroatoms. The van der Waals surface area contributed by atoms with Crippen molar-refractivity contribution >= 4 is 6.03 Å². The van der Waals surface area contributed by atoms with Gasteiger partial charge in [-0.1, -0.05) is 12.1 Å². The minimum absolute atomic E-state index is 0.130. The van der Waals surface area contributed by atoms with Crippen LogP contribution in [0.2, 0.25) is 0 Å². The molecular weight excluding hydrogens is 230 g/mol. The highest BCUT2D eigenvalue weighted by Crippen LogP contribution is 2.09. The lowest BCUT2D eigenvalue weighted by Crippen LogP contribution is -2.46. The van der Waals surface area contributed by atoms with Crippen LogP contribution in [0.4, 0.5) is 4.79 Å². The Kier molecular flexibility index (Phi) is 4.41. The maximum atomic E-state index is 11.7. The third-order valence-corrected chi connectivity index (χ3v) is 3.06. The maximum absolute atomic E-state index is 11.7. The second kappa shape index (κ2) is 6.26. The van der Waals surface area contributed by atoms with Gasteiger partial charge < -0.3 is 21.1 Å². The number of carbonyl (C=O) groups excluding carboxylic acids is 1. The summed E-state index contributed by atoms with van der Waals surface area (Å²) >= 11 is 0. The van der Waals surface area contributed by atoms with E-state index >= 15 is 0 Å². The molecule has 1 aromatic rings. The Morgan fingerprint density at radius 1 is 1.28 bits per heavy atom. The zero-order valence-corrected chi connectivity index (χ0v) is 10.3. The molecule has 0 aromatic heterocycles. The fourth-order valence-electron chi connectivity index (χ4n) is 2.00. The molecule has 2 amide bonds. The number of phenolic OH excluding ortho intramolecular Hbond substituents is 1. The van der Waals surface area contributed by atoms with Crippen molar-refractivity contribution < 1.29 is 9.90 Å². The van der Waals surface area contributed by atoms with Gasteiger partial charge in [0.2, 0.25) is 0 Å². The van der Waals surface area contributed by atoms with E-state index in [-0.39, 0.29) is 17.8 Å². The number of amides is 2. The smallest absolute Gasteiger partial charge is 0.315 e. The number of hydrogen-bond acceptors (Lipinski definition) is 3. The number of carbonyl (C=O) groups is 1. The Bertz CT molecular complexity index is 386. The van der Waals surface area contributed by atoms with Gasteiger partial charge in [-0.05, 0) is 43.6 Å². The summed E-state index contributed by atoms with van der Waals surface area (Å²) in [6.07, 6.45) is 1.96. The summed E-state index contributed by atoms with van der Waals surface area (Å²) in [5, 5.41) is 18.2. The monoisotopic (exact) mass is 249 g/mol. The average molecular weight is 249 g/mol. The van der Waals surface area contributed by atoms with E-state index in [2.05, 4.69) is 16.0 Å². The van der Waals surface area contributed by atoms with Crippen LogP contribution >= 0.6 is 0 Å². The quantitative estimate of drug-likeness (QED) is 0.644. The minimum Gasteiger partial charge on any atom is -0.508 e. The predicted molar refractivity (Wildman–Crippen MR) is 69.4 cm³/mol. The molecule has 5 nitrogen and oxygen atoms in total. The lowest BCUT2D eigenvalue weighted by atomic mass is 10.1. The summed E-state index contributed by atoms with van der Waals surface area (Å²) < 4.78 is 0. The Hall–Kier alpha value is -1.75. The Morgan fingerprint density at radius 3 is 2.61 bits per heavy atom.